The molecule has 1 saturated heterocycles. The highest BCUT2D eigenvalue weighted by Crippen LogP contribution is 2.29. The number of likely N-dealkylation sites (tertiary alicyclic amines) is 1. The van der Waals surface area contributed by atoms with Gasteiger partial charge in [-0.2, -0.15) is 0 Å². The van der Waals surface area contributed by atoms with Crippen LogP contribution in [0.3, 0.4) is 0 Å². The van der Waals surface area contributed by atoms with Gasteiger partial charge in [0.1, 0.15) is 0 Å². The Morgan fingerprint density at radius 2 is 1.74 bits per heavy atom. The maximum Gasteiger partial charge on any atom is 0.0200 e. The summed E-state index contributed by atoms with van der Waals surface area (Å²) in [6.45, 7) is 6.45. The molecule has 0 amide bonds. The molecule has 19 heavy (non-hydrogen) atoms. The van der Waals surface area contributed by atoms with Crippen LogP contribution in [0.4, 0.5) is 0 Å². The van der Waals surface area contributed by atoms with Gasteiger partial charge in [-0.3, -0.25) is 0 Å². The minimum atomic E-state index is 0.791. The Morgan fingerprint density at radius 3 is 2.42 bits per heavy atom. The van der Waals surface area contributed by atoms with Gasteiger partial charge in [0.2, 0.25) is 0 Å². The Labute approximate surface area is 119 Å². The standard InChI is InChI=1S/C17H32N2/c1-2-5-15-10-17(18-16-8-9-16)13-19(12-15)11-14-6-3-4-7-14/h14-18H,2-13H2,1H3. The first-order valence-corrected chi connectivity index (χ1v) is 8.82. The second-order valence-corrected chi connectivity index (χ2v) is 7.40. The third-order valence-corrected chi connectivity index (χ3v) is 5.35. The lowest BCUT2D eigenvalue weighted by Crippen LogP contribution is -2.50. The van der Waals surface area contributed by atoms with Crippen molar-refractivity contribution < 1.29 is 0 Å². The maximum absolute atomic E-state index is 3.89. The minimum Gasteiger partial charge on any atom is -0.310 e. The van der Waals surface area contributed by atoms with Crippen LogP contribution in [0.2, 0.25) is 0 Å². The Bertz CT molecular complexity index is 268. The van der Waals surface area contributed by atoms with Crippen LogP contribution in [0.15, 0.2) is 0 Å². The van der Waals surface area contributed by atoms with E-state index in [2.05, 4.69) is 17.1 Å². The number of piperidine rings is 1. The fourth-order valence-electron chi connectivity index (χ4n) is 4.33. The van der Waals surface area contributed by atoms with Crippen LogP contribution in [0, 0.1) is 11.8 Å². The molecule has 0 aromatic carbocycles. The van der Waals surface area contributed by atoms with Crippen LogP contribution in [-0.2, 0) is 0 Å². The van der Waals surface area contributed by atoms with Crippen molar-refractivity contribution in [1.29, 1.82) is 0 Å². The van der Waals surface area contributed by atoms with E-state index in [0.717, 1.165) is 23.9 Å². The lowest BCUT2D eigenvalue weighted by Gasteiger charge is -2.39. The molecule has 1 heterocycles. The summed E-state index contributed by atoms with van der Waals surface area (Å²) in [6.07, 6.45) is 13.1. The lowest BCUT2D eigenvalue weighted by atomic mass is 9.89. The molecule has 2 unspecified atom stereocenters. The van der Waals surface area contributed by atoms with Crippen LogP contribution in [0.1, 0.15) is 64.7 Å². The highest BCUT2D eigenvalue weighted by Gasteiger charge is 2.32. The van der Waals surface area contributed by atoms with Gasteiger partial charge < -0.3 is 10.2 Å². The largest absolute Gasteiger partial charge is 0.310 e. The first kappa shape index (κ1) is 13.9. The molecule has 2 saturated carbocycles. The molecule has 0 spiro atoms. The summed E-state index contributed by atoms with van der Waals surface area (Å²) < 4.78 is 0. The van der Waals surface area contributed by atoms with Gasteiger partial charge in [0.05, 0.1) is 0 Å². The zero-order chi connectivity index (χ0) is 13.1. The molecule has 0 radical (unpaired) electrons. The van der Waals surface area contributed by atoms with Crippen LogP contribution >= 0.6 is 0 Å². The third kappa shape index (κ3) is 4.19. The van der Waals surface area contributed by atoms with Gasteiger partial charge in [-0.25, -0.2) is 0 Å². The van der Waals surface area contributed by atoms with Gasteiger partial charge in [-0.15, -0.1) is 0 Å². The second-order valence-electron chi connectivity index (χ2n) is 7.40. The molecule has 3 aliphatic rings. The van der Waals surface area contributed by atoms with E-state index in [1.807, 2.05) is 0 Å². The van der Waals surface area contributed by atoms with E-state index < -0.39 is 0 Å². The average molecular weight is 264 g/mol. The zero-order valence-corrected chi connectivity index (χ0v) is 12.7. The van der Waals surface area contributed by atoms with Gasteiger partial charge >= 0.3 is 0 Å². The number of nitrogens with one attached hydrogen (secondary N) is 1. The Hall–Kier alpha value is -0.0800. The molecule has 1 aliphatic heterocycles. The normalized spacial score (nSPS) is 33.9. The minimum absolute atomic E-state index is 0.791. The summed E-state index contributed by atoms with van der Waals surface area (Å²) in [6, 6.07) is 1.66. The molecule has 2 atom stereocenters. The van der Waals surface area contributed by atoms with Crippen LogP contribution in [0.25, 0.3) is 0 Å². The van der Waals surface area contributed by atoms with E-state index in [9.17, 15) is 0 Å². The Kier molecular flexibility index (Phi) is 4.81. The van der Waals surface area contributed by atoms with Crippen molar-refractivity contribution in [2.24, 2.45) is 11.8 Å². The van der Waals surface area contributed by atoms with Gasteiger partial charge in [-0.1, -0.05) is 26.2 Å². The van der Waals surface area contributed by atoms with E-state index in [1.54, 1.807) is 0 Å². The summed E-state index contributed by atoms with van der Waals surface area (Å²) >= 11 is 0. The van der Waals surface area contributed by atoms with Crippen LogP contribution in [0.5, 0.6) is 0 Å². The summed E-state index contributed by atoms with van der Waals surface area (Å²) in [4.78, 5) is 2.81. The van der Waals surface area contributed by atoms with Crippen molar-refractivity contribution in [2.75, 3.05) is 19.6 Å². The Morgan fingerprint density at radius 1 is 0.947 bits per heavy atom. The summed E-state index contributed by atoms with van der Waals surface area (Å²) in [5.41, 5.74) is 0. The van der Waals surface area contributed by atoms with Crippen molar-refractivity contribution >= 4 is 0 Å². The molecule has 0 bridgehead atoms. The quantitative estimate of drug-likeness (QED) is 0.791. The molecule has 3 fully saturated rings. The highest BCUT2D eigenvalue weighted by molar-refractivity contribution is 4.90. The molecule has 2 aliphatic carbocycles. The number of hydrogen-bond donors (Lipinski definition) is 1. The highest BCUT2D eigenvalue weighted by atomic mass is 15.2. The smallest absolute Gasteiger partial charge is 0.0200 e. The summed E-state index contributed by atoms with van der Waals surface area (Å²) in [7, 11) is 0. The maximum atomic E-state index is 3.89. The third-order valence-electron chi connectivity index (χ3n) is 5.35. The molecule has 3 rings (SSSR count). The van der Waals surface area contributed by atoms with Crippen molar-refractivity contribution in [3.63, 3.8) is 0 Å². The number of rotatable bonds is 6. The van der Waals surface area contributed by atoms with E-state index in [0.29, 0.717) is 0 Å². The predicted octanol–water partition coefficient (Wildman–Crippen LogP) is 3.42. The fourth-order valence-corrected chi connectivity index (χ4v) is 4.33. The molecule has 2 heteroatoms. The zero-order valence-electron chi connectivity index (χ0n) is 12.7. The van der Waals surface area contributed by atoms with E-state index >= 15 is 0 Å². The molecular weight excluding hydrogens is 232 g/mol. The van der Waals surface area contributed by atoms with Gasteiger partial charge in [0, 0.05) is 31.7 Å². The van der Waals surface area contributed by atoms with Crippen molar-refractivity contribution in [3.05, 3.63) is 0 Å². The van der Waals surface area contributed by atoms with Gasteiger partial charge in [-0.05, 0) is 50.4 Å². The Balaban J connectivity index is 1.51. The molecule has 2 nitrogen and oxygen atoms in total. The number of nitrogens with zero attached hydrogens (tertiary/aromatic N) is 1. The van der Waals surface area contributed by atoms with Gasteiger partial charge in [0.15, 0.2) is 0 Å². The molecule has 110 valence electrons. The molecule has 1 N–H and O–H groups in total. The van der Waals surface area contributed by atoms with E-state index in [1.165, 1.54) is 77.4 Å². The van der Waals surface area contributed by atoms with E-state index in [-0.39, 0.29) is 0 Å². The molecule has 0 aromatic rings. The summed E-state index contributed by atoms with van der Waals surface area (Å²) in [5.74, 6) is 1.97. The van der Waals surface area contributed by atoms with Crippen molar-refractivity contribution in [3.8, 4) is 0 Å². The van der Waals surface area contributed by atoms with Crippen LogP contribution < -0.4 is 5.32 Å². The second kappa shape index (κ2) is 6.58. The SMILES string of the molecule is CCCC1CC(NC2CC2)CN(CC2CCCC2)C1. The van der Waals surface area contributed by atoms with Crippen molar-refractivity contribution in [1.82, 2.24) is 10.2 Å². The fraction of sp³-hybridized carbons (Fsp3) is 1.00. The first-order valence-electron chi connectivity index (χ1n) is 8.82. The number of hydrogen-bond acceptors (Lipinski definition) is 2. The monoisotopic (exact) mass is 264 g/mol. The topological polar surface area (TPSA) is 15.3 Å². The molecule has 0 aromatic heterocycles. The van der Waals surface area contributed by atoms with Crippen molar-refractivity contribution in [2.45, 2.75) is 76.8 Å². The lowest BCUT2D eigenvalue weighted by molar-refractivity contribution is 0.118. The predicted molar refractivity (Wildman–Crippen MR) is 81.4 cm³/mol. The van der Waals surface area contributed by atoms with E-state index in [4.69, 9.17) is 0 Å². The summed E-state index contributed by atoms with van der Waals surface area (Å²) in [5, 5.41) is 3.89. The first-order chi connectivity index (χ1) is 9.33. The molecular formula is C17H32N2. The van der Waals surface area contributed by atoms with Crippen LogP contribution in [-0.4, -0.2) is 36.6 Å². The average Bonchev–Trinajstić information content (AvgIpc) is 3.04. The van der Waals surface area contributed by atoms with Gasteiger partial charge in [0.25, 0.3) is 0 Å².